The molecule has 2 rings (SSSR count). The van der Waals surface area contributed by atoms with Gasteiger partial charge in [-0.25, -0.2) is 0 Å². The molecule has 0 spiro atoms. The highest BCUT2D eigenvalue weighted by Gasteiger charge is 2.08. The predicted octanol–water partition coefficient (Wildman–Crippen LogP) is 3.08. The number of phenolic OH excluding ortho intramolecular Hbond substituents is 1. The number of hydrogen-bond donors (Lipinski definition) is 3. The zero-order valence-corrected chi connectivity index (χ0v) is 13.3. The summed E-state index contributed by atoms with van der Waals surface area (Å²) in [6, 6.07) is 15.7. The molecule has 0 aliphatic rings. The van der Waals surface area contributed by atoms with Crippen LogP contribution in [0.4, 0.5) is 0 Å². The molecule has 0 aromatic heterocycles. The second kappa shape index (κ2) is 8.83. The first-order chi connectivity index (χ1) is 10.7. The fourth-order valence-corrected chi connectivity index (χ4v) is 3.17. The molecule has 3 N–H and O–H groups in total. The van der Waals surface area contributed by atoms with Crippen LogP contribution in [-0.2, 0) is 6.42 Å². The van der Waals surface area contributed by atoms with Crippen LogP contribution in [0.1, 0.15) is 12.0 Å². The lowest BCUT2D eigenvalue weighted by atomic mass is 9.99. The van der Waals surface area contributed by atoms with Crippen LogP contribution >= 0.6 is 11.8 Å². The maximum atomic E-state index is 10.4. The minimum absolute atomic E-state index is 0.188. The number of thioether (sulfide) groups is 1. The fraction of sp³-hybridized carbons (Fsp3) is 0.333. The third kappa shape index (κ3) is 4.77. The largest absolute Gasteiger partial charge is 0.507 e. The summed E-state index contributed by atoms with van der Waals surface area (Å²) in [5.41, 5.74) is 2.83. The number of aromatic hydroxyl groups is 1. The monoisotopic (exact) mass is 318 g/mol. The van der Waals surface area contributed by atoms with Crippen molar-refractivity contribution in [3.05, 3.63) is 54.1 Å². The summed E-state index contributed by atoms with van der Waals surface area (Å²) in [5.74, 6) is 1.80. The van der Waals surface area contributed by atoms with Crippen LogP contribution in [0.25, 0.3) is 11.1 Å². The Morgan fingerprint density at radius 2 is 1.77 bits per heavy atom. The van der Waals surface area contributed by atoms with E-state index in [0.717, 1.165) is 35.3 Å². The Bertz CT molecular complexity index is 572. The molecule has 0 saturated carbocycles. The van der Waals surface area contributed by atoms with E-state index >= 15 is 0 Å². The first-order valence-electron chi connectivity index (χ1n) is 7.45. The van der Waals surface area contributed by atoms with Crippen molar-refractivity contribution in [1.29, 1.82) is 0 Å². The maximum Gasteiger partial charge on any atom is 0.126 e. The number of aryl methyl sites for hydroxylation is 1. The van der Waals surface area contributed by atoms with E-state index in [1.54, 1.807) is 11.8 Å². The van der Waals surface area contributed by atoms with Gasteiger partial charge in [-0.3, -0.25) is 0 Å². The van der Waals surface area contributed by atoms with Gasteiger partial charge in [0.25, 0.3) is 0 Å². The smallest absolute Gasteiger partial charge is 0.126 e. The molecular weight excluding hydrogens is 296 g/mol. The van der Waals surface area contributed by atoms with Gasteiger partial charge in [-0.15, -0.1) is 0 Å². The molecule has 3 nitrogen and oxygen atoms in total. The van der Waals surface area contributed by atoms with Crippen LogP contribution in [0.5, 0.6) is 5.75 Å². The number of aliphatic hydroxyl groups excluding tert-OH is 2. The number of para-hydroxylation sites is 1. The molecule has 0 bridgehead atoms. The van der Waals surface area contributed by atoms with Crippen molar-refractivity contribution in [3.8, 4) is 16.9 Å². The second-order valence-electron chi connectivity index (χ2n) is 5.19. The van der Waals surface area contributed by atoms with Gasteiger partial charge >= 0.3 is 0 Å². The van der Waals surface area contributed by atoms with Gasteiger partial charge in [0, 0.05) is 11.3 Å². The van der Waals surface area contributed by atoms with Crippen molar-refractivity contribution in [3.63, 3.8) is 0 Å². The third-order valence-electron chi connectivity index (χ3n) is 3.46. The number of hydrogen-bond acceptors (Lipinski definition) is 4. The Labute approximate surface area is 135 Å². The van der Waals surface area contributed by atoms with E-state index in [1.165, 1.54) is 0 Å². The van der Waals surface area contributed by atoms with Crippen LogP contribution in [-0.4, -0.2) is 39.5 Å². The van der Waals surface area contributed by atoms with Crippen molar-refractivity contribution in [2.24, 2.45) is 0 Å². The molecule has 22 heavy (non-hydrogen) atoms. The summed E-state index contributed by atoms with van der Waals surface area (Å²) in [6.45, 7) is -0.188. The van der Waals surface area contributed by atoms with Gasteiger partial charge in [0.1, 0.15) is 5.75 Å². The van der Waals surface area contributed by atoms with E-state index in [2.05, 4.69) is 0 Å². The zero-order valence-electron chi connectivity index (χ0n) is 12.5. The van der Waals surface area contributed by atoms with Gasteiger partial charge in [0.05, 0.1) is 12.7 Å². The Morgan fingerprint density at radius 1 is 1.00 bits per heavy atom. The Balaban J connectivity index is 1.92. The van der Waals surface area contributed by atoms with Gasteiger partial charge in [-0.05, 0) is 29.7 Å². The van der Waals surface area contributed by atoms with E-state index < -0.39 is 6.10 Å². The standard InChI is InChI=1S/C18H22O3S/c19-12-16(20)13-22-11-5-9-15-8-4-10-17(18(15)21)14-6-2-1-3-7-14/h1-4,6-8,10,16,19-21H,5,9,11-13H2. The molecule has 0 amide bonds. The molecule has 4 heteroatoms. The molecule has 0 fully saturated rings. The Morgan fingerprint density at radius 3 is 2.50 bits per heavy atom. The maximum absolute atomic E-state index is 10.4. The summed E-state index contributed by atoms with van der Waals surface area (Å²) in [6.07, 6.45) is 1.09. The Kier molecular flexibility index (Phi) is 6.77. The van der Waals surface area contributed by atoms with Gasteiger partial charge in [0.2, 0.25) is 0 Å². The molecule has 2 aromatic rings. The van der Waals surface area contributed by atoms with E-state index in [-0.39, 0.29) is 6.61 Å². The number of rotatable bonds is 8. The molecule has 1 atom stereocenters. The van der Waals surface area contributed by atoms with Crippen molar-refractivity contribution in [2.45, 2.75) is 18.9 Å². The van der Waals surface area contributed by atoms with Gasteiger partial charge in [-0.2, -0.15) is 11.8 Å². The van der Waals surface area contributed by atoms with Crippen molar-refractivity contribution in [2.75, 3.05) is 18.1 Å². The van der Waals surface area contributed by atoms with E-state index in [4.69, 9.17) is 5.11 Å². The average Bonchev–Trinajstić information content (AvgIpc) is 2.56. The molecule has 118 valence electrons. The van der Waals surface area contributed by atoms with Crippen LogP contribution in [0.15, 0.2) is 48.5 Å². The summed E-state index contributed by atoms with van der Waals surface area (Å²) in [5, 5.41) is 28.5. The minimum atomic E-state index is -0.639. The van der Waals surface area contributed by atoms with E-state index in [1.807, 2.05) is 48.5 Å². The first-order valence-corrected chi connectivity index (χ1v) is 8.60. The summed E-state index contributed by atoms with van der Waals surface area (Å²) in [4.78, 5) is 0. The normalized spacial score (nSPS) is 12.3. The zero-order chi connectivity index (χ0) is 15.8. The van der Waals surface area contributed by atoms with Gasteiger partial charge in [-0.1, -0.05) is 48.5 Å². The number of phenols is 1. The number of benzene rings is 2. The van der Waals surface area contributed by atoms with E-state index in [9.17, 15) is 10.2 Å². The molecular formula is C18H22O3S. The summed E-state index contributed by atoms with van der Waals surface area (Å²) >= 11 is 1.62. The summed E-state index contributed by atoms with van der Waals surface area (Å²) < 4.78 is 0. The Hall–Kier alpha value is -1.49. The highest BCUT2D eigenvalue weighted by Crippen LogP contribution is 2.32. The second-order valence-corrected chi connectivity index (χ2v) is 6.34. The highest BCUT2D eigenvalue weighted by molar-refractivity contribution is 7.99. The van der Waals surface area contributed by atoms with Crippen molar-refractivity contribution < 1.29 is 15.3 Å². The van der Waals surface area contributed by atoms with Crippen LogP contribution in [0, 0.1) is 0 Å². The quantitative estimate of drug-likeness (QED) is 0.655. The molecule has 1 unspecified atom stereocenters. The predicted molar refractivity (Wildman–Crippen MR) is 92.3 cm³/mol. The van der Waals surface area contributed by atoms with Gasteiger partial charge < -0.3 is 15.3 Å². The molecule has 0 heterocycles. The SMILES string of the molecule is OCC(O)CSCCCc1cccc(-c2ccccc2)c1O. The van der Waals surface area contributed by atoms with Gasteiger partial charge in [0.15, 0.2) is 0 Å². The fourth-order valence-electron chi connectivity index (χ4n) is 2.28. The van der Waals surface area contributed by atoms with Crippen molar-refractivity contribution in [1.82, 2.24) is 0 Å². The van der Waals surface area contributed by atoms with Crippen LogP contribution in [0.2, 0.25) is 0 Å². The minimum Gasteiger partial charge on any atom is -0.507 e. The van der Waals surface area contributed by atoms with Crippen LogP contribution < -0.4 is 0 Å². The van der Waals surface area contributed by atoms with E-state index in [0.29, 0.717) is 11.5 Å². The lowest BCUT2D eigenvalue weighted by molar-refractivity contribution is 0.113. The topological polar surface area (TPSA) is 60.7 Å². The lowest BCUT2D eigenvalue weighted by Crippen LogP contribution is -2.14. The molecule has 0 radical (unpaired) electrons. The first kappa shape index (κ1) is 16.9. The number of aliphatic hydroxyl groups is 2. The lowest BCUT2D eigenvalue weighted by Gasteiger charge is -2.10. The molecule has 0 aliphatic heterocycles. The third-order valence-corrected chi connectivity index (χ3v) is 4.66. The molecule has 0 aliphatic carbocycles. The highest BCUT2D eigenvalue weighted by atomic mass is 32.2. The van der Waals surface area contributed by atoms with Crippen molar-refractivity contribution >= 4 is 11.8 Å². The van der Waals surface area contributed by atoms with Crippen LogP contribution in [0.3, 0.4) is 0 Å². The molecule has 2 aromatic carbocycles. The average molecular weight is 318 g/mol. The molecule has 0 saturated heterocycles. The summed E-state index contributed by atoms with van der Waals surface area (Å²) in [7, 11) is 0.